The molecule has 0 bridgehead atoms. The van der Waals surface area contributed by atoms with Gasteiger partial charge in [0.1, 0.15) is 6.04 Å². The number of amides is 3. The minimum atomic E-state index is -1.27. The molecule has 2 aromatic carbocycles. The summed E-state index contributed by atoms with van der Waals surface area (Å²) in [4.78, 5) is 51.3. The smallest absolute Gasteiger partial charge is 0.329 e. The molecule has 3 amide bonds. The number of carbonyl (C=O) groups is 4. The number of imide groups is 1. The molecule has 2 aromatic rings. The predicted molar refractivity (Wildman–Crippen MR) is 133 cm³/mol. The van der Waals surface area contributed by atoms with E-state index in [1.807, 2.05) is 0 Å². The summed E-state index contributed by atoms with van der Waals surface area (Å²) in [6, 6.07) is 3.21. The second-order valence-corrected chi connectivity index (χ2v) is 10.4. The first-order valence-corrected chi connectivity index (χ1v) is 12.5. The van der Waals surface area contributed by atoms with E-state index in [9.17, 15) is 19.2 Å². The van der Waals surface area contributed by atoms with E-state index in [0.717, 1.165) is 4.90 Å². The van der Waals surface area contributed by atoms with Crippen LogP contribution < -0.4 is 5.32 Å². The SMILES string of the molecule is CC(C(=O)OCC(=O)Nc1ccc(Cl)c(Cl)c1)N1C(=O)c2c(Br)c(Br)c(Br)c(Br)c2C1=O. The van der Waals surface area contributed by atoms with Crippen molar-refractivity contribution >= 4 is 116 Å². The lowest BCUT2D eigenvalue weighted by Crippen LogP contribution is -2.44. The van der Waals surface area contributed by atoms with E-state index >= 15 is 0 Å². The van der Waals surface area contributed by atoms with Crippen LogP contribution in [0.1, 0.15) is 27.6 Å². The van der Waals surface area contributed by atoms with Crippen molar-refractivity contribution in [1.82, 2.24) is 4.90 Å². The van der Waals surface area contributed by atoms with Crippen LogP contribution in [-0.2, 0) is 14.3 Å². The summed E-state index contributed by atoms with van der Waals surface area (Å²) in [7, 11) is 0. The topological polar surface area (TPSA) is 92.8 Å². The Morgan fingerprint density at radius 1 is 0.969 bits per heavy atom. The molecule has 1 atom stereocenters. The van der Waals surface area contributed by atoms with Crippen LogP contribution in [0.4, 0.5) is 5.69 Å². The van der Waals surface area contributed by atoms with E-state index in [4.69, 9.17) is 27.9 Å². The maximum absolute atomic E-state index is 12.9. The highest BCUT2D eigenvalue weighted by Crippen LogP contribution is 2.45. The van der Waals surface area contributed by atoms with Gasteiger partial charge in [-0.1, -0.05) is 23.2 Å². The minimum absolute atomic E-state index is 0.106. The average molecular weight is 737 g/mol. The monoisotopic (exact) mass is 732 g/mol. The Kier molecular flexibility index (Phi) is 8.10. The maximum Gasteiger partial charge on any atom is 0.329 e. The number of nitrogens with zero attached hydrogens (tertiary/aromatic N) is 1. The molecule has 0 spiro atoms. The summed E-state index contributed by atoms with van der Waals surface area (Å²) in [6.45, 7) is 0.712. The van der Waals surface area contributed by atoms with Crippen LogP contribution in [-0.4, -0.2) is 41.2 Å². The van der Waals surface area contributed by atoms with E-state index in [1.165, 1.54) is 25.1 Å². The Morgan fingerprint density at radius 2 is 1.50 bits per heavy atom. The summed E-state index contributed by atoms with van der Waals surface area (Å²) in [5.41, 5.74) is 0.572. The van der Waals surface area contributed by atoms with E-state index in [2.05, 4.69) is 69.0 Å². The predicted octanol–water partition coefficient (Wildman–Crippen LogP) is 6.21. The van der Waals surface area contributed by atoms with Crippen molar-refractivity contribution in [3.8, 4) is 0 Å². The van der Waals surface area contributed by atoms with E-state index < -0.39 is 36.3 Å². The summed E-state index contributed by atoms with van der Waals surface area (Å²) >= 11 is 25.0. The molecule has 168 valence electrons. The van der Waals surface area contributed by atoms with Gasteiger partial charge in [0.2, 0.25) is 0 Å². The molecule has 7 nitrogen and oxygen atoms in total. The van der Waals surface area contributed by atoms with Crippen molar-refractivity contribution in [3.63, 3.8) is 0 Å². The molecule has 32 heavy (non-hydrogen) atoms. The van der Waals surface area contributed by atoms with Crippen molar-refractivity contribution in [2.45, 2.75) is 13.0 Å². The third kappa shape index (κ3) is 4.78. The van der Waals surface area contributed by atoms with Crippen LogP contribution in [0.25, 0.3) is 0 Å². The molecular formula is C19H10Br4Cl2N2O5. The number of halogens is 6. The Balaban J connectivity index is 1.70. The first-order chi connectivity index (χ1) is 15.0. The Bertz CT molecular complexity index is 1140. The Hall–Kier alpha value is -0.980. The highest BCUT2D eigenvalue weighted by atomic mass is 79.9. The van der Waals surface area contributed by atoms with Gasteiger partial charge in [0, 0.05) is 23.6 Å². The molecule has 1 heterocycles. The zero-order valence-corrected chi connectivity index (χ0v) is 23.6. The fourth-order valence-corrected chi connectivity index (χ4v) is 5.61. The zero-order chi connectivity index (χ0) is 23.9. The molecule has 13 heteroatoms. The molecule has 1 unspecified atom stereocenters. The van der Waals surface area contributed by atoms with Crippen molar-refractivity contribution in [2.75, 3.05) is 11.9 Å². The van der Waals surface area contributed by atoms with Crippen LogP contribution in [0, 0.1) is 0 Å². The lowest BCUT2D eigenvalue weighted by molar-refractivity contribution is -0.150. The van der Waals surface area contributed by atoms with Crippen LogP contribution in [0.5, 0.6) is 0 Å². The van der Waals surface area contributed by atoms with Gasteiger partial charge in [-0.25, -0.2) is 4.79 Å². The van der Waals surface area contributed by atoms with Gasteiger partial charge in [0.05, 0.1) is 21.2 Å². The van der Waals surface area contributed by atoms with E-state index in [0.29, 0.717) is 28.6 Å². The number of anilines is 1. The number of benzene rings is 2. The van der Waals surface area contributed by atoms with Gasteiger partial charge in [-0.15, -0.1) is 0 Å². The van der Waals surface area contributed by atoms with E-state index in [1.54, 1.807) is 0 Å². The molecule has 0 saturated heterocycles. The molecule has 1 aliphatic heterocycles. The van der Waals surface area contributed by atoms with Gasteiger partial charge in [-0.05, 0) is 88.8 Å². The fourth-order valence-electron chi connectivity index (χ4n) is 2.85. The summed E-state index contributed by atoms with van der Waals surface area (Å²) < 4.78 is 6.80. The molecule has 0 aromatic heterocycles. The number of fused-ring (bicyclic) bond motifs is 1. The summed E-state index contributed by atoms with van der Waals surface area (Å²) in [5, 5.41) is 3.07. The minimum Gasteiger partial charge on any atom is -0.454 e. The van der Waals surface area contributed by atoms with Crippen LogP contribution in [0.3, 0.4) is 0 Å². The summed E-state index contributed by atoms with van der Waals surface area (Å²) in [6.07, 6.45) is 0. The van der Waals surface area contributed by atoms with Crippen molar-refractivity contribution in [3.05, 3.63) is 57.3 Å². The van der Waals surface area contributed by atoms with Crippen molar-refractivity contribution in [1.29, 1.82) is 0 Å². The largest absolute Gasteiger partial charge is 0.454 e. The average Bonchev–Trinajstić information content (AvgIpc) is 3.01. The highest BCUT2D eigenvalue weighted by molar-refractivity contribution is 9.15. The zero-order valence-electron chi connectivity index (χ0n) is 15.8. The number of rotatable bonds is 5. The number of ether oxygens (including phenoxy) is 1. The lowest BCUT2D eigenvalue weighted by Gasteiger charge is -2.20. The second-order valence-electron chi connectivity index (χ2n) is 6.45. The quantitative estimate of drug-likeness (QED) is 0.171. The molecule has 0 fully saturated rings. The number of hydrogen-bond donors (Lipinski definition) is 1. The van der Waals surface area contributed by atoms with Gasteiger partial charge in [0.25, 0.3) is 17.7 Å². The van der Waals surface area contributed by atoms with Gasteiger partial charge >= 0.3 is 5.97 Å². The van der Waals surface area contributed by atoms with Gasteiger partial charge in [0.15, 0.2) is 6.61 Å². The third-order valence-electron chi connectivity index (χ3n) is 4.41. The molecule has 1 aliphatic rings. The Labute approximate surface area is 225 Å². The standard InChI is InChI=1S/C19H10Br4Cl2N2O5/c1-6(19(31)32-5-10(28)26-7-2-3-8(24)9(25)4-7)27-17(29)11-12(18(27)30)14(21)16(23)15(22)13(11)20/h2-4,6H,5H2,1H3,(H,26,28). The molecule has 0 saturated carbocycles. The molecule has 0 radical (unpaired) electrons. The first kappa shape index (κ1) is 25.6. The highest BCUT2D eigenvalue weighted by Gasteiger charge is 2.45. The third-order valence-corrected chi connectivity index (χ3v) is 9.92. The maximum atomic E-state index is 12.9. The normalized spacial score (nSPS) is 13.8. The number of carbonyl (C=O) groups excluding carboxylic acids is 4. The van der Waals surface area contributed by atoms with Gasteiger partial charge in [-0.2, -0.15) is 0 Å². The van der Waals surface area contributed by atoms with Crippen LogP contribution in [0.15, 0.2) is 36.1 Å². The number of hydrogen-bond acceptors (Lipinski definition) is 5. The van der Waals surface area contributed by atoms with Crippen LogP contribution in [0.2, 0.25) is 10.0 Å². The van der Waals surface area contributed by atoms with Crippen LogP contribution >= 0.6 is 86.9 Å². The van der Waals surface area contributed by atoms with Gasteiger partial charge < -0.3 is 10.1 Å². The first-order valence-electron chi connectivity index (χ1n) is 8.61. The molecule has 0 aliphatic carbocycles. The van der Waals surface area contributed by atoms with Gasteiger partial charge in [-0.3, -0.25) is 19.3 Å². The van der Waals surface area contributed by atoms with Crippen molar-refractivity contribution in [2.24, 2.45) is 0 Å². The number of esters is 1. The lowest BCUT2D eigenvalue weighted by atomic mass is 10.1. The molecular weight excluding hydrogens is 727 g/mol. The molecule has 3 rings (SSSR count). The van der Waals surface area contributed by atoms with E-state index in [-0.39, 0.29) is 16.1 Å². The number of nitrogens with one attached hydrogen (secondary N) is 1. The summed E-state index contributed by atoms with van der Waals surface area (Å²) in [5.74, 6) is -2.90. The Morgan fingerprint density at radius 3 is 2.00 bits per heavy atom. The van der Waals surface area contributed by atoms with Crippen molar-refractivity contribution < 1.29 is 23.9 Å². The fraction of sp³-hybridized carbons (Fsp3) is 0.158. The molecule has 1 N–H and O–H groups in total. The second kappa shape index (κ2) is 10.1.